The number of rotatable bonds is 15. The molecular formula is C18H29F5N2O4. The second-order valence-electron chi connectivity index (χ2n) is 6.52. The first-order valence-corrected chi connectivity index (χ1v) is 9.67. The molecule has 0 aromatic rings. The molecule has 29 heavy (non-hydrogen) atoms. The highest BCUT2D eigenvalue weighted by atomic mass is 19.4. The van der Waals surface area contributed by atoms with Crippen molar-refractivity contribution in [2.75, 3.05) is 19.7 Å². The van der Waals surface area contributed by atoms with Crippen molar-refractivity contribution in [3.05, 3.63) is 0 Å². The molecule has 2 N–H and O–H groups in total. The maximum atomic E-state index is 12.7. The number of esters is 1. The van der Waals surface area contributed by atoms with Crippen molar-refractivity contribution in [3.8, 4) is 0 Å². The summed E-state index contributed by atoms with van der Waals surface area (Å²) in [6.45, 7) is 1.67. The third kappa shape index (κ3) is 12.3. The van der Waals surface area contributed by atoms with E-state index in [1.807, 2.05) is 0 Å². The Balaban J connectivity index is 3.73. The summed E-state index contributed by atoms with van der Waals surface area (Å²) in [7, 11) is 0. The zero-order valence-corrected chi connectivity index (χ0v) is 16.5. The Morgan fingerprint density at radius 3 is 1.93 bits per heavy atom. The van der Waals surface area contributed by atoms with Crippen LogP contribution in [0.1, 0.15) is 64.7 Å². The maximum Gasteiger partial charge on any atom is 0.463 e. The monoisotopic (exact) mass is 432 g/mol. The van der Waals surface area contributed by atoms with E-state index in [-0.39, 0.29) is 13.0 Å². The molecule has 0 spiro atoms. The summed E-state index contributed by atoms with van der Waals surface area (Å²) in [5.41, 5.74) is 0. The van der Waals surface area contributed by atoms with E-state index in [0.717, 1.165) is 25.7 Å². The Hall–Kier alpha value is -1.94. The van der Waals surface area contributed by atoms with Crippen LogP contribution in [0.4, 0.5) is 22.0 Å². The number of amides is 2. The lowest BCUT2D eigenvalue weighted by molar-refractivity contribution is -0.269. The van der Waals surface area contributed by atoms with Gasteiger partial charge in [0.15, 0.2) is 0 Å². The molecule has 170 valence electrons. The van der Waals surface area contributed by atoms with Crippen LogP contribution in [0.2, 0.25) is 0 Å². The number of hydrogen-bond donors (Lipinski definition) is 2. The first-order valence-electron chi connectivity index (χ1n) is 9.67. The molecule has 0 fully saturated rings. The Kier molecular flexibility index (Phi) is 13.2. The van der Waals surface area contributed by atoms with E-state index in [0.29, 0.717) is 6.61 Å². The van der Waals surface area contributed by atoms with Crippen LogP contribution in [0.5, 0.6) is 0 Å². The minimum Gasteiger partial charge on any atom is -0.466 e. The summed E-state index contributed by atoms with van der Waals surface area (Å²) in [5.74, 6) is -9.26. The van der Waals surface area contributed by atoms with Gasteiger partial charge in [0, 0.05) is 19.5 Å². The second-order valence-corrected chi connectivity index (χ2v) is 6.52. The fourth-order valence-corrected chi connectivity index (χ4v) is 2.24. The predicted molar refractivity (Wildman–Crippen MR) is 95.2 cm³/mol. The van der Waals surface area contributed by atoms with Crippen molar-refractivity contribution in [2.45, 2.75) is 76.8 Å². The summed E-state index contributed by atoms with van der Waals surface area (Å²) >= 11 is 0. The molecule has 11 heteroatoms. The number of unbranched alkanes of at least 4 members (excludes halogenated alkanes) is 6. The smallest absolute Gasteiger partial charge is 0.463 e. The molecule has 0 aliphatic heterocycles. The number of nitrogens with one attached hydrogen (secondary N) is 2. The van der Waals surface area contributed by atoms with Gasteiger partial charge in [-0.2, -0.15) is 22.0 Å². The van der Waals surface area contributed by atoms with Gasteiger partial charge in [-0.25, -0.2) is 0 Å². The Morgan fingerprint density at radius 2 is 1.34 bits per heavy atom. The quantitative estimate of drug-likeness (QED) is 0.236. The zero-order chi connectivity index (χ0) is 22.3. The molecular weight excluding hydrogens is 403 g/mol. The lowest BCUT2D eigenvalue weighted by atomic mass is 10.1. The van der Waals surface area contributed by atoms with Crippen molar-refractivity contribution in [1.82, 2.24) is 10.6 Å². The minimum atomic E-state index is -6.01. The zero-order valence-electron chi connectivity index (χ0n) is 16.5. The fourth-order valence-electron chi connectivity index (χ4n) is 2.24. The summed E-state index contributed by atoms with van der Waals surface area (Å²) in [6.07, 6.45) is 0.942. The topological polar surface area (TPSA) is 84.5 Å². The molecule has 0 radical (unpaired) electrons. The molecule has 0 aliphatic carbocycles. The van der Waals surface area contributed by atoms with Gasteiger partial charge < -0.3 is 15.4 Å². The summed E-state index contributed by atoms with van der Waals surface area (Å²) in [4.78, 5) is 33.8. The Labute approximate surface area is 166 Å². The first kappa shape index (κ1) is 27.1. The lowest BCUT2D eigenvalue weighted by Crippen LogP contribution is -2.50. The van der Waals surface area contributed by atoms with E-state index in [9.17, 15) is 36.3 Å². The second kappa shape index (κ2) is 14.1. The van der Waals surface area contributed by atoms with Gasteiger partial charge in [0.05, 0.1) is 13.0 Å². The van der Waals surface area contributed by atoms with E-state index in [2.05, 4.69) is 12.2 Å². The third-order valence-electron chi connectivity index (χ3n) is 3.94. The molecule has 0 bridgehead atoms. The van der Waals surface area contributed by atoms with Gasteiger partial charge in [-0.1, -0.05) is 45.4 Å². The van der Waals surface area contributed by atoms with Crippen molar-refractivity contribution in [2.24, 2.45) is 0 Å². The number of hydrogen-bond acceptors (Lipinski definition) is 4. The maximum absolute atomic E-state index is 12.7. The molecule has 0 saturated heterocycles. The molecule has 0 aromatic carbocycles. The highest BCUT2D eigenvalue weighted by Gasteiger charge is 2.63. The van der Waals surface area contributed by atoms with Crippen LogP contribution in [-0.4, -0.2) is 49.6 Å². The molecule has 0 rings (SSSR count). The van der Waals surface area contributed by atoms with E-state index in [1.165, 1.54) is 24.6 Å². The molecule has 0 aliphatic rings. The number of alkyl halides is 5. The van der Waals surface area contributed by atoms with Crippen LogP contribution in [0.15, 0.2) is 0 Å². The van der Waals surface area contributed by atoms with Gasteiger partial charge in [-0.15, -0.1) is 0 Å². The molecule has 2 amide bonds. The predicted octanol–water partition coefficient (Wildman–Crippen LogP) is 3.49. The van der Waals surface area contributed by atoms with Crippen LogP contribution < -0.4 is 10.6 Å². The Morgan fingerprint density at radius 1 is 0.793 bits per heavy atom. The number of carbonyl (C=O) groups excluding carboxylic acids is 3. The van der Waals surface area contributed by atoms with Crippen LogP contribution in [0.3, 0.4) is 0 Å². The van der Waals surface area contributed by atoms with Crippen molar-refractivity contribution in [1.29, 1.82) is 0 Å². The van der Waals surface area contributed by atoms with Crippen molar-refractivity contribution < 1.29 is 41.1 Å². The number of ether oxygens (including phenoxy) is 1. The first-order chi connectivity index (χ1) is 13.5. The highest BCUT2D eigenvalue weighted by Crippen LogP contribution is 2.35. The molecule has 0 heterocycles. The third-order valence-corrected chi connectivity index (χ3v) is 3.94. The minimum absolute atomic E-state index is 0.0681. The van der Waals surface area contributed by atoms with Gasteiger partial charge in [0.1, 0.15) is 0 Å². The van der Waals surface area contributed by atoms with Gasteiger partial charge in [-0.3, -0.25) is 14.4 Å². The SMILES string of the molecule is CCCCCCCCCOC(=O)CCNC(=O)CCNC(=O)C(F)(F)C(F)(F)F. The largest absolute Gasteiger partial charge is 0.466 e. The Bertz CT molecular complexity index is 513. The molecule has 0 atom stereocenters. The van der Waals surface area contributed by atoms with E-state index >= 15 is 0 Å². The summed E-state index contributed by atoms with van der Waals surface area (Å²) in [5, 5.41) is 3.64. The summed E-state index contributed by atoms with van der Waals surface area (Å²) in [6, 6.07) is 0. The fraction of sp³-hybridized carbons (Fsp3) is 0.833. The average Bonchev–Trinajstić information content (AvgIpc) is 2.62. The van der Waals surface area contributed by atoms with Crippen LogP contribution in [0.25, 0.3) is 0 Å². The molecule has 6 nitrogen and oxygen atoms in total. The van der Waals surface area contributed by atoms with E-state index in [4.69, 9.17) is 4.74 Å². The highest BCUT2D eigenvalue weighted by molar-refractivity contribution is 5.85. The molecule has 0 saturated carbocycles. The van der Waals surface area contributed by atoms with Crippen LogP contribution in [0, 0.1) is 0 Å². The van der Waals surface area contributed by atoms with Gasteiger partial charge >= 0.3 is 18.1 Å². The molecule has 0 unspecified atom stereocenters. The number of carbonyl (C=O) groups is 3. The average molecular weight is 432 g/mol. The normalized spacial score (nSPS) is 11.8. The lowest BCUT2D eigenvalue weighted by Gasteiger charge is -2.18. The molecule has 0 aromatic heterocycles. The van der Waals surface area contributed by atoms with E-state index in [1.54, 1.807) is 0 Å². The van der Waals surface area contributed by atoms with Crippen LogP contribution >= 0.6 is 0 Å². The van der Waals surface area contributed by atoms with E-state index < -0.39 is 42.8 Å². The van der Waals surface area contributed by atoms with Gasteiger partial charge in [0.2, 0.25) is 5.91 Å². The van der Waals surface area contributed by atoms with Gasteiger partial charge in [-0.05, 0) is 6.42 Å². The standard InChI is InChI=1S/C18H29F5N2O4/c1-2-3-4-5-6-7-8-13-29-15(27)10-12-24-14(26)9-11-25-16(28)17(19,20)18(21,22)23/h2-13H2,1H3,(H,24,26)(H,25,28). The van der Waals surface area contributed by atoms with Crippen LogP contribution in [-0.2, 0) is 19.1 Å². The summed E-state index contributed by atoms with van der Waals surface area (Å²) < 4.78 is 66.3. The number of halogens is 5. The van der Waals surface area contributed by atoms with Crippen molar-refractivity contribution >= 4 is 17.8 Å². The van der Waals surface area contributed by atoms with Crippen molar-refractivity contribution in [3.63, 3.8) is 0 Å². The van der Waals surface area contributed by atoms with Gasteiger partial charge in [0.25, 0.3) is 5.91 Å².